The zero-order valence-electron chi connectivity index (χ0n) is 22.2. The summed E-state index contributed by atoms with van der Waals surface area (Å²) in [6, 6.07) is 39.8. The highest BCUT2D eigenvalue weighted by molar-refractivity contribution is 7.99. The lowest BCUT2D eigenvalue weighted by Crippen LogP contribution is -2.48. The van der Waals surface area contributed by atoms with Crippen LogP contribution in [0.3, 0.4) is 0 Å². The zero-order valence-corrected chi connectivity index (χ0v) is 23.0. The normalized spacial score (nSPS) is 14.4. The third kappa shape index (κ3) is 9.62. The summed E-state index contributed by atoms with van der Waals surface area (Å²) in [4.78, 5) is 1.04. The van der Waals surface area contributed by atoms with E-state index in [0.717, 1.165) is 21.6 Å². The molecule has 4 atom stereocenters. The second-order valence-electron chi connectivity index (χ2n) is 9.13. The van der Waals surface area contributed by atoms with E-state index >= 15 is 0 Å². The Morgan fingerprint density at radius 1 is 0.590 bits per heavy atom. The highest BCUT2D eigenvalue weighted by Crippen LogP contribution is 2.31. The lowest BCUT2D eigenvalue weighted by Gasteiger charge is -2.35. The van der Waals surface area contributed by atoms with Crippen molar-refractivity contribution >= 4 is 11.8 Å². The number of thioether (sulfide) groups is 1. The van der Waals surface area contributed by atoms with Gasteiger partial charge in [0.25, 0.3) is 0 Å². The Bertz CT molecular complexity index is 1180. The second kappa shape index (κ2) is 16.2. The second-order valence-corrected chi connectivity index (χ2v) is 10.3. The summed E-state index contributed by atoms with van der Waals surface area (Å²) in [5, 5.41) is 11.4. The smallest absolute Gasteiger partial charge is 0.136 e. The van der Waals surface area contributed by atoms with Crippen LogP contribution in [0.2, 0.25) is 0 Å². The topological polar surface area (TPSA) is 57.2 Å². The first-order valence-corrected chi connectivity index (χ1v) is 14.0. The summed E-state index contributed by atoms with van der Waals surface area (Å²) >= 11 is 1.54. The van der Waals surface area contributed by atoms with Crippen LogP contribution in [-0.2, 0) is 38.8 Å². The van der Waals surface area contributed by atoms with Gasteiger partial charge >= 0.3 is 0 Å². The highest BCUT2D eigenvalue weighted by Gasteiger charge is 2.37. The number of rotatable bonds is 16. The van der Waals surface area contributed by atoms with E-state index in [1.165, 1.54) is 0 Å². The molecular formula is C33H36O5S. The van der Waals surface area contributed by atoms with Crippen LogP contribution in [0.4, 0.5) is 0 Å². The molecular weight excluding hydrogens is 508 g/mol. The minimum absolute atomic E-state index is 0.0893. The molecule has 0 aliphatic carbocycles. The molecule has 0 amide bonds. The van der Waals surface area contributed by atoms with Crippen LogP contribution >= 0.6 is 11.8 Å². The molecule has 39 heavy (non-hydrogen) atoms. The molecule has 1 N–H and O–H groups in total. The molecule has 0 spiro atoms. The van der Waals surface area contributed by atoms with Gasteiger partial charge in [0.05, 0.1) is 26.4 Å². The fourth-order valence-electron chi connectivity index (χ4n) is 4.14. The maximum atomic E-state index is 11.4. The molecule has 0 radical (unpaired) electrons. The van der Waals surface area contributed by atoms with E-state index in [4.69, 9.17) is 18.9 Å². The largest absolute Gasteiger partial charge is 0.388 e. The number of methoxy groups -OCH3 is 1. The minimum atomic E-state index is -0.952. The van der Waals surface area contributed by atoms with Crippen molar-refractivity contribution in [1.82, 2.24) is 0 Å². The lowest BCUT2D eigenvalue weighted by atomic mass is 10.1. The van der Waals surface area contributed by atoms with Crippen molar-refractivity contribution in [3.63, 3.8) is 0 Å². The van der Waals surface area contributed by atoms with Crippen molar-refractivity contribution in [2.45, 2.75) is 48.5 Å². The van der Waals surface area contributed by atoms with E-state index < -0.39 is 23.7 Å². The van der Waals surface area contributed by atoms with Gasteiger partial charge in [-0.15, -0.1) is 0 Å². The first kappa shape index (κ1) is 29.0. The molecule has 0 saturated heterocycles. The average molecular weight is 545 g/mol. The van der Waals surface area contributed by atoms with Crippen LogP contribution in [-0.4, -0.2) is 42.6 Å². The van der Waals surface area contributed by atoms with Gasteiger partial charge in [0.2, 0.25) is 0 Å². The minimum Gasteiger partial charge on any atom is -0.388 e. The van der Waals surface area contributed by atoms with E-state index in [1.807, 2.05) is 121 Å². The van der Waals surface area contributed by atoms with Crippen LogP contribution in [0.1, 0.15) is 16.7 Å². The van der Waals surface area contributed by atoms with E-state index in [9.17, 15) is 5.11 Å². The zero-order chi connectivity index (χ0) is 27.1. The van der Waals surface area contributed by atoms with E-state index in [0.29, 0.717) is 19.8 Å². The first-order valence-electron chi connectivity index (χ1n) is 13.1. The number of hydrogen-bond donors (Lipinski definition) is 1. The van der Waals surface area contributed by atoms with Crippen LogP contribution in [0.15, 0.2) is 126 Å². The van der Waals surface area contributed by atoms with Gasteiger partial charge < -0.3 is 24.1 Å². The molecule has 0 bridgehead atoms. The fraction of sp³-hybridized carbons (Fsp3) is 0.273. The number of ether oxygens (including phenoxy) is 4. The Morgan fingerprint density at radius 3 is 1.51 bits per heavy atom. The summed E-state index contributed by atoms with van der Waals surface area (Å²) in [6.45, 7) is 1.15. The Balaban J connectivity index is 1.55. The van der Waals surface area contributed by atoms with Gasteiger partial charge in [-0.25, -0.2) is 0 Å². The summed E-state index contributed by atoms with van der Waals surface area (Å²) in [5.41, 5.74) is 2.63. The summed E-state index contributed by atoms with van der Waals surface area (Å²) in [6.07, 6.45) is -2.27. The van der Waals surface area contributed by atoms with Crippen molar-refractivity contribution in [3.8, 4) is 0 Å². The van der Waals surface area contributed by atoms with Gasteiger partial charge in [-0.1, -0.05) is 121 Å². The molecule has 4 aromatic carbocycles. The monoisotopic (exact) mass is 544 g/mol. The third-order valence-electron chi connectivity index (χ3n) is 6.17. The number of aliphatic hydroxyl groups excluding tert-OH is 1. The van der Waals surface area contributed by atoms with Crippen molar-refractivity contribution < 1.29 is 24.1 Å². The molecule has 5 nitrogen and oxygen atoms in total. The summed E-state index contributed by atoms with van der Waals surface area (Å²) < 4.78 is 24.8. The molecule has 0 saturated carbocycles. The molecule has 4 aromatic rings. The third-order valence-corrected chi connectivity index (χ3v) is 7.41. The van der Waals surface area contributed by atoms with E-state index in [-0.39, 0.29) is 6.61 Å². The van der Waals surface area contributed by atoms with Gasteiger partial charge in [-0.3, -0.25) is 0 Å². The van der Waals surface area contributed by atoms with Gasteiger partial charge in [0.1, 0.15) is 23.7 Å². The van der Waals surface area contributed by atoms with E-state index in [1.54, 1.807) is 18.9 Å². The maximum absolute atomic E-state index is 11.4. The molecule has 0 unspecified atom stereocenters. The van der Waals surface area contributed by atoms with Gasteiger partial charge in [-0.2, -0.15) is 0 Å². The number of hydrogen-bond acceptors (Lipinski definition) is 6. The molecule has 204 valence electrons. The molecule has 6 heteroatoms. The maximum Gasteiger partial charge on any atom is 0.136 e. The van der Waals surface area contributed by atoms with Crippen LogP contribution < -0.4 is 0 Å². The van der Waals surface area contributed by atoms with Crippen LogP contribution in [0.25, 0.3) is 0 Å². The molecule has 4 rings (SSSR count). The predicted octanol–water partition coefficient (Wildman–Crippen LogP) is 6.50. The van der Waals surface area contributed by atoms with E-state index in [2.05, 4.69) is 0 Å². The Labute approximate surface area is 235 Å². The standard InChI is InChI=1S/C33H36O5S/c1-35-33(39-29-20-12-5-13-21-29)32(38-24-28-18-10-4-11-19-28)31(37-23-27-16-8-3-9-17-27)30(34)25-36-22-26-14-6-2-7-15-26/h2-21,30-34H,22-25H2,1H3/t30-,31-,32-,33-/m1/s1. The molecule has 0 fully saturated rings. The summed E-state index contributed by atoms with van der Waals surface area (Å²) in [5.74, 6) is 0. The molecule has 0 aliphatic rings. The fourth-order valence-corrected chi connectivity index (χ4v) is 5.18. The van der Waals surface area contributed by atoms with Crippen molar-refractivity contribution in [2.24, 2.45) is 0 Å². The Morgan fingerprint density at radius 2 is 1.03 bits per heavy atom. The van der Waals surface area contributed by atoms with Crippen molar-refractivity contribution in [3.05, 3.63) is 138 Å². The van der Waals surface area contributed by atoms with Gasteiger partial charge in [0.15, 0.2) is 0 Å². The Hall–Kier alpha value is -2.97. The van der Waals surface area contributed by atoms with Gasteiger partial charge in [-0.05, 0) is 28.8 Å². The number of benzene rings is 4. The molecule has 0 aromatic heterocycles. The average Bonchev–Trinajstić information content (AvgIpc) is 3.00. The first-order chi connectivity index (χ1) is 19.2. The SMILES string of the molecule is CO[C@H](Sc1ccccc1)[C@H](OCc1ccccc1)[C@H](OCc1ccccc1)[C@H](O)COCc1ccccc1. The number of aliphatic hydroxyl groups is 1. The van der Waals surface area contributed by atoms with Crippen molar-refractivity contribution in [1.29, 1.82) is 0 Å². The molecule has 0 heterocycles. The Kier molecular flexibility index (Phi) is 12.1. The van der Waals surface area contributed by atoms with Crippen LogP contribution in [0.5, 0.6) is 0 Å². The highest BCUT2D eigenvalue weighted by atomic mass is 32.2. The van der Waals surface area contributed by atoms with Gasteiger partial charge in [0, 0.05) is 12.0 Å². The molecule has 0 aliphatic heterocycles. The van der Waals surface area contributed by atoms with Crippen LogP contribution in [0, 0.1) is 0 Å². The van der Waals surface area contributed by atoms with Crippen molar-refractivity contribution in [2.75, 3.05) is 13.7 Å². The summed E-state index contributed by atoms with van der Waals surface area (Å²) in [7, 11) is 1.66. The quantitative estimate of drug-likeness (QED) is 0.128. The predicted molar refractivity (Wildman–Crippen MR) is 155 cm³/mol. The lowest BCUT2D eigenvalue weighted by molar-refractivity contribution is -0.166.